The first-order valence-electron chi connectivity index (χ1n) is 14.8. The number of hydrogen-bond donors (Lipinski definition) is 1. The maximum absolute atomic E-state index is 11.7. The summed E-state index contributed by atoms with van der Waals surface area (Å²) in [6.07, 6.45) is -2.00. The first-order chi connectivity index (χ1) is 20.8. The third-order valence-electron chi connectivity index (χ3n) is 8.79. The molecule has 0 radical (unpaired) electrons. The van der Waals surface area contributed by atoms with Gasteiger partial charge in [0.1, 0.15) is 22.9 Å². The minimum atomic E-state index is -1.32. The number of benzene rings is 4. The summed E-state index contributed by atoms with van der Waals surface area (Å²) in [5.74, 6) is 0. The van der Waals surface area contributed by atoms with Crippen molar-refractivity contribution in [2.24, 2.45) is 0 Å². The molecule has 0 spiro atoms. The average Bonchev–Trinajstić information content (AvgIpc) is 3.05. The van der Waals surface area contributed by atoms with Crippen molar-refractivity contribution >= 4 is 0 Å². The monoisotopic (exact) mass is 582 g/mol. The zero-order chi connectivity index (χ0) is 30.2. The van der Waals surface area contributed by atoms with Crippen LogP contribution < -0.4 is 0 Å². The van der Waals surface area contributed by atoms with Gasteiger partial charge in [-0.15, -0.1) is 0 Å². The molecular formula is C37H42O6. The van der Waals surface area contributed by atoms with E-state index in [0.717, 1.165) is 22.3 Å². The van der Waals surface area contributed by atoms with Crippen LogP contribution in [-0.2, 0) is 50.1 Å². The summed E-state index contributed by atoms with van der Waals surface area (Å²) in [6, 6.07) is 39.8. The molecule has 1 aliphatic rings. The SMILES string of the molecule is C[C@]1(OCc2ccccc2)[C@@](C)(OCc2ccccc2)[C@H](O)O[C@@H](COCc2ccccc2)[C@@]1(C)OCc1ccccc1. The lowest BCUT2D eigenvalue weighted by Crippen LogP contribution is -2.79. The average molecular weight is 583 g/mol. The van der Waals surface area contributed by atoms with Crippen molar-refractivity contribution in [1.29, 1.82) is 0 Å². The highest BCUT2D eigenvalue weighted by atomic mass is 16.7. The Bertz CT molecular complexity index is 1390. The Morgan fingerprint density at radius 2 is 0.907 bits per heavy atom. The third kappa shape index (κ3) is 6.91. The third-order valence-corrected chi connectivity index (χ3v) is 8.79. The van der Waals surface area contributed by atoms with E-state index in [1.807, 2.05) is 142 Å². The maximum atomic E-state index is 11.7. The van der Waals surface area contributed by atoms with E-state index in [-0.39, 0.29) is 19.8 Å². The Morgan fingerprint density at radius 3 is 1.35 bits per heavy atom. The summed E-state index contributed by atoms with van der Waals surface area (Å²) in [6.45, 7) is 7.21. The maximum Gasteiger partial charge on any atom is 0.187 e. The molecule has 43 heavy (non-hydrogen) atoms. The van der Waals surface area contributed by atoms with Gasteiger partial charge in [0.05, 0.1) is 33.0 Å². The fourth-order valence-corrected chi connectivity index (χ4v) is 5.65. The molecule has 0 unspecified atom stereocenters. The molecule has 4 aromatic carbocycles. The Hall–Kier alpha value is -3.36. The van der Waals surface area contributed by atoms with E-state index in [1.165, 1.54) is 0 Å². The number of hydrogen-bond acceptors (Lipinski definition) is 6. The molecule has 6 heteroatoms. The second kappa shape index (κ2) is 14.0. The normalized spacial score (nSPS) is 27.2. The Balaban J connectivity index is 1.49. The molecule has 4 aromatic rings. The summed E-state index contributed by atoms with van der Waals surface area (Å²) in [7, 11) is 0. The van der Waals surface area contributed by atoms with E-state index in [9.17, 15) is 5.11 Å². The molecule has 5 atom stereocenters. The molecule has 226 valence electrons. The predicted octanol–water partition coefficient (Wildman–Crippen LogP) is 6.85. The van der Waals surface area contributed by atoms with Crippen LogP contribution >= 0.6 is 0 Å². The van der Waals surface area contributed by atoms with Crippen molar-refractivity contribution in [3.63, 3.8) is 0 Å². The number of rotatable bonds is 13. The van der Waals surface area contributed by atoms with Gasteiger partial charge in [-0.3, -0.25) is 0 Å². The van der Waals surface area contributed by atoms with Gasteiger partial charge in [-0.25, -0.2) is 0 Å². The van der Waals surface area contributed by atoms with E-state index >= 15 is 0 Å². The smallest absolute Gasteiger partial charge is 0.187 e. The molecule has 6 nitrogen and oxygen atoms in total. The number of aliphatic hydroxyl groups is 1. The predicted molar refractivity (Wildman–Crippen MR) is 166 cm³/mol. The van der Waals surface area contributed by atoms with Gasteiger partial charge in [-0.05, 0) is 43.0 Å². The zero-order valence-corrected chi connectivity index (χ0v) is 25.2. The lowest BCUT2D eigenvalue weighted by Gasteiger charge is -2.61. The van der Waals surface area contributed by atoms with Gasteiger partial charge in [0.2, 0.25) is 0 Å². The van der Waals surface area contributed by atoms with E-state index in [0.29, 0.717) is 13.2 Å². The molecule has 0 aromatic heterocycles. The van der Waals surface area contributed by atoms with Crippen molar-refractivity contribution in [2.45, 2.75) is 76.4 Å². The lowest BCUT2D eigenvalue weighted by atomic mass is 9.67. The van der Waals surface area contributed by atoms with Crippen LogP contribution in [0, 0.1) is 0 Å². The fraction of sp³-hybridized carbons (Fsp3) is 0.351. The summed E-state index contributed by atoms with van der Waals surface area (Å²) in [4.78, 5) is 0. The van der Waals surface area contributed by atoms with E-state index in [4.69, 9.17) is 23.7 Å². The van der Waals surface area contributed by atoms with Gasteiger partial charge >= 0.3 is 0 Å². The van der Waals surface area contributed by atoms with E-state index in [2.05, 4.69) is 0 Å². The Morgan fingerprint density at radius 1 is 0.535 bits per heavy atom. The second-order valence-corrected chi connectivity index (χ2v) is 11.5. The van der Waals surface area contributed by atoms with Gasteiger partial charge < -0.3 is 28.8 Å². The summed E-state index contributed by atoms with van der Waals surface area (Å²) < 4.78 is 32.9. The molecular weight excluding hydrogens is 540 g/mol. The van der Waals surface area contributed by atoms with Crippen molar-refractivity contribution in [1.82, 2.24) is 0 Å². The van der Waals surface area contributed by atoms with Crippen molar-refractivity contribution in [3.05, 3.63) is 144 Å². The minimum Gasteiger partial charge on any atom is -0.374 e. The molecule has 0 bridgehead atoms. The van der Waals surface area contributed by atoms with Crippen LogP contribution in [0.3, 0.4) is 0 Å². The Labute approximate surface area is 255 Å². The van der Waals surface area contributed by atoms with Gasteiger partial charge in [-0.1, -0.05) is 121 Å². The largest absolute Gasteiger partial charge is 0.374 e. The molecule has 1 saturated heterocycles. The van der Waals surface area contributed by atoms with Crippen LogP contribution in [0.5, 0.6) is 0 Å². The highest BCUT2D eigenvalue weighted by Gasteiger charge is 2.69. The van der Waals surface area contributed by atoms with Gasteiger partial charge in [0, 0.05) is 0 Å². The molecule has 5 rings (SSSR count). The molecule has 1 N–H and O–H groups in total. The van der Waals surface area contributed by atoms with Crippen molar-refractivity contribution in [3.8, 4) is 0 Å². The lowest BCUT2D eigenvalue weighted by molar-refractivity contribution is -0.412. The molecule has 1 heterocycles. The first kappa shape index (κ1) is 31.1. The quantitative estimate of drug-likeness (QED) is 0.186. The zero-order valence-electron chi connectivity index (χ0n) is 25.2. The van der Waals surface area contributed by atoms with Crippen LogP contribution in [0.1, 0.15) is 43.0 Å². The fourth-order valence-electron chi connectivity index (χ4n) is 5.65. The van der Waals surface area contributed by atoms with Crippen LogP contribution in [0.2, 0.25) is 0 Å². The highest BCUT2D eigenvalue weighted by Crippen LogP contribution is 2.51. The topological polar surface area (TPSA) is 66.4 Å². The molecule has 0 aliphatic carbocycles. The van der Waals surface area contributed by atoms with Crippen LogP contribution in [0.4, 0.5) is 0 Å². The second-order valence-electron chi connectivity index (χ2n) is 11.5. The van der Waals surface area contributed by atoms with Crippen molar-refractivity contribution in [2.75, 3.05) is 6.61 Å². The standard InChI is InChI=1S/C37H42O6/c1-35(40-25-30-18-10-5-11-19-30)33(28-39-24-29-16-8-4-9-17-29)43-34(38)36(2,41-26-31-20-12-6-13-21-31)37(35,3)42-27-32-22-14-7-15-23-32/h4-23,33-34,38H,24-28H2,1-3H3/t33-,34+,35+,36-,37+/m0/s1. The van der Waals surface area contributed by atoms with Gasteiger partial charge in [0.15, 0.2) is 6.29 Å². The van der Waals surface area contributed by atoms with Crippen LogP contribution in [0.25, 0.3) is 0 Å². The van der Waals surface area contributed by atoms with Gasteiger partial charge in [-0.2, -0.15) is 0 Å². The summed E-state index contributed by atoms with van der Waals surface area (Å²) in [5.41, 5.74) is 0.399. The van der Waals surface area contributed by atoms with Gasteiger partial charge in [0.25, 0.3) is 0 Å². The Kier molecular flexibility index (Phi) is 10.1. The molecule has 0 saturated carbocycles. The molecule has 1 fully saturated rings. The van der Waals surface area contributed by atoms with Crippen LogP contribution in [0.15, 0.2) is 121 Å². The van der Waals surface area contributed by atoms with E-state index in [1.54, 1.807) is 0 Å². The summed E-state index contributed by atoms with van der Waals surface area (Å²) in [5, 5.41) is 11.7. The molecule has 0 amide bonds. The number of ether oxygens (including phenoxy) is 5. The summed E-state index contributed by atoms with van der Waals surface area (Å²) >= 11 is 0. The highest BCUT2D eigenvalue weighted by molar-refractivity contribution is 5.21. The molecule has 1 aliphatic heterocycles. The first-order valence-corrected chi connectivity index (χ1v) is 14.8. The minimum absolute atomic E-state index is 0.177. The van der Waals surface area contributed by atoms with Crippen molar-refractivity contribution < 1.29 is 28.8 Å². The van der Waals surface area contributed by atoms with E-state index < -0.39 is 29.2 Å². The number of aliphatic hydroxyl groups excluding tert-OH is 1. The van der Waals surface area contributed by atoms with Crippen LogP contribution in [-0.4, -0.2) is 40.9 Å².